The van der Waals surface area contributed by atoms with Crippen molar-refractivity contribution in [1.82, 2.24) is 14.8 Å². The van der Waals surface area contributed by atoms with E-state index in [4.69, 9.17) is 5.73 Å². The summed E-state index contributed by atoms with van der Waals surface area (Å²) >= 11 is 0. The van der Waals surface area contributed by atoms with Crippen LogP contribution < -0.4 is 5.73 Å². The van der Waals surface area contributed by atoms with Crippen molar-refractivity contribution in [3.63, 3.8) is 0 Å². The maximum atomic E-state index is 6.34. The molecule has 2 aromatic rings. The Labute approximate surface area is 127 Å². The quantitative estimate of drug-likeness (QED) is 0.848. The van der Waals surface area contributed by atoms with Crippen molar-refractivity contribution in [3.05, 3.63) is 47.5 Å². The number of rotatable bonds is 7. The third kappa shape index (κ3) is 3.70. The standard InChI is InChI=1S/C17H26N4/c1-4-13-8-7-10-19-17(13)16(18)12-14-9-11-21(20-14)15(5-2)6-3/h7-11,15-16H,4-6,12,18H2,1-3H3. The zero-order chi connectivity index (χ0) is 15.2. The van der Waals surface area contributed by atoms with Crippen LogP contribution in [0, 0.1) is 0 Å². The molecule has 0 radical (unpaired) electrons. The fourth-order valence-corrected chi connectivity index (χ4v) is 2.76. The van der Waals surface area contributed by atoms with E-state index in [1.807, 2.05) is 12.3 Å². The molecule has 0 saturated carbocycles. The average molecular weight is 286 g/mol. The fourth-order valence-electron chi connectivity index (χ4n) is 2.76. The van der Waals surface area contributed by atoms with Gasteiger partial charge in [-0.25, -0.2) is 0 Å². The van der Waals surface area contributed by atoms with Gasteiger partial charge in [0.05, 0.1) is 23.5 Å². The first-order valence-electron chi connectivity index (χ1n) is 7.92. The van der Waals surface area contributed by atoms with E-state index in [-0.39, 0.29) is 6.04 Å². The highest BCUT2D eigenvalue weighted by Crippen LogP contribution is 2.19. The SMILES string of the molecule is CCc1cccnc1C(N)Cc1ccn(C(CC)CC)n1. The van der Waals surface area contributed by atoms with Gasteiger partial charge in [-0.15, -0.1) is 0 Å². The Bertz CT molecular complexity index is 557. The van der Waals surface area contributed by atoms with Gasteiger partial charge in [0.15, 0.2) is 0 Å². The van der Waals surface area contributed by atoms with Crippen molar-refractivity contribution in [3.8, 4) is 0 Å². The molecule has 114 valence electrons. The van der Waals surface area contributed by atoms with Crippen LogP contribution in [0.5, 0.6) is 0 Å². The van der Waals surface area contributed by atoms with Crippen molar-refractivity contribution in [2.45, 2.75) is 58.5 Å². The Hall–Kier alpha value is -1.68. The maximum absolute atomic E-state index is 6.34. The maximum Gasteiger partial charge on any atom is 0.0644 e. The smallest absolute Gasteiger partial charge is 0.0644 e. The fraction of sp³-hybridized carbons (Fsp3) is 0.529. The van der Waals surface area contributed by atoms with Crippen molar-refractivity contribution in [1.29, 1.82) is 0 Å². The molecular weight excluding hydrogens is 260 g/mol. The molecule has 1 atom stereocenters. The zero-order valence-corrected chi connectivity index (χ0v) is 13.3. The molecule has 0 aliphatic rings. The van der Waals surface area contributed by atoms with E-state index in [1.165, 1.54) is 5.56 Å². The van der Waals surface area contributed by atoms with Crippen LogP contribution in [0.2, 0.25) is 0 Å². The monoisotopic (exact) mass is 286 g/mol. The second-order valence-electron chi connectivity index (χ2n) is 5.47. The molecule has 2 aromatic heterocycles. The normalized spacial score (nSPS) is 12.8. The summed E-state index contributed by atoms with van der Waals surface area (Å²) < 4.78 is 2.07. The van der Waals surface area contributed by atoms with Gasteiger partial charge < -0.3 is 5.73 Å². The van der Waals surface area contributed by atoms with Crippen LogP contribution >= 0.6 is 0 Å². The summed E-state index contributed by atoms with van der Waals surface area (Å²) in [4.78, 5) is 4.46. The molecule has 0 aliphatic carbocycles. The number of aryl methyl sites for hydroxylation is 1. The van der Waals surface area contributed by atoms with Gasteiger partial charge in [0.1, 0.15) is 0 Å². The number of nitrogens with zero attached hydrogens (tertiary/aromatic N) is 3. The van der Waals surface area contributed by atoms with Gasteiger partial charge in [-0.3, -0.25) is 9.67 Å². The molecule has 21 heavy (non-hydrogen) atoms. The molecule has 0 bridgehead atoms. The van der Waals surface area contributed by atoms with Crippen LogP contribution in [-0.2, 0) is 12.8 Å². The summed E-state index contributed by atoms with van der Waals surface area (Å²) in [5.74, 6) is 0. The number of nitrogens with two attached hydrogens (primary N) is 1. The number of aromatic nitrogens is 3. The van der Waals surface area contributed by atoms with E-state index in [2.05, 4.69) is 53.9 Å². The van der Waals surface area contributed by atoms with E-state index in [9.17, 15) is 0 Å². The summed E-state index contributed by atoms with van der Waals surface area (Å²) in [6.45, 7) is 6.53. The molecule has 4 nitrogen and oxygen atoms in total. The lowest BCUT2D eigenvalue weighted by molar-refractivity contribution is 0.424. The number of hydrogen-bond acceptors (Lipinski definition) is 3. The van der Waals surface area contributed by atoms with E-state index in [1.54, 1.807) is 0 Å². The van der Waals surface area contributed by atoms with E-state index >= 15 is 0 Å². The van der Waals surface area contributed by atoms with Gasteiger partial charge in [0.25, 0.3) is 0 Å². The molecule has 0 saturated heterocycles. The van der Waals surface area contributed by atoms with Crippen molar-refractivity contribution >= 4 is 0 Å². The molecular formula is C17H26N4. The van der Waals surface area contributed by atoms with Crippen LogP contribution in [0.25, 0.3) is 0 Å². The highest BCUT2D eigenvalue weighted by atomic mass is 15.3. The molecule has 2 N–H and O–H groups in total. The second-order valence-corrected chi connectivity index (χ2v) is 5.47. The lowest BCUT2D eigenvalue weighted by Crippen LogP contribution is -2.17. The Balaban J connectivity index is 2.11. The van der Waals surface area contributed by atoms with E-state index < -0.39 is 0 Å². The lowest BCUT2D eigenvalue weighted by atomic mass is 10.0. The van der Waals surface area contributed by atoms with Gasteiger partial charge in [-0.05, 0) is 37.0 Å². The predicted octanol–water partition coefficient (Wildman–Crippen LogP) is 3.44. The lowest BCUT2D eigenvalue weighted by Gasteiger charge is -2.14. The molecule has 2 rings (SSSR count). The van der Waals surface area contributed by atoms with Crippen LogP contribution in [-0.4, -0.2) is 14.8 Å². The minimum Gasteiger partial charge on any atom is -0.322 e. The summed E-state index contributed by atoms with van der Waals surface area (Å²) in [6, 6.07) is 6.54. The third-order valence-electron chi connectivity index (χ3n) is 4.07. The number of hydrogen-bond donors (Lipinski definition) is 1. The molecule has 1 unspecified atom stereocenters. The van der Waals surface area contributed by atoms with Crippen LogP contribution in [0.4, 0.5) is 0 Å². The Kier molecular flexibility index (Phi) is 5.51. The second kappa shape index (κ2) is 7.36. The molecule has 2 heterocycles. The molecule has 0 amide bonds. The summed E-state index contributed by atoms with van der Waals surface area (Å²) in [7, 11) is 0. The zero-order valence-electron chi connectivity index (χ0n) is 13.3. The molecule has 4 heteroatoms. The Morgan fingerprint density at radius 3 is 2.62 bits per heavy atom. The van der Waals surface area contributed by atoms with Crippen molar-refractivity contribution in [2.24, 2.45) is 5.73 Å². The van der Waals surface area contributed by atoms with Crippen molar-refractivity contribution in [2.75, 3.05) is 0 Å². The van der Waals surface area contributed by atoms with Crippen LogP contribution in [0.1, 0.15) is 62.6 Å². The first kappa shape index (κ1) is 15.7. The topological polar surface area (TPSA) is 56.7 Å². The minimum atomic E-state index is -0.0915. The van der Waals surface area contributed by atoms with Gasteiger partial charge >= 0.3 is 0 Å². The van der Waals surface area contributed by atoms with Crippen LogP contribution in [0.15, 0.2) is 30.6 Å². The Morgan fingerprint density at radius 2 is 1.95 bits per heavy atom. The van der Waals surface area contributed by atoms with Gasteiger partial charge in [0.2, 0.25) is 0 Å². The third-order valence-corrected chi connectivity index (χ3v) is 4.07. The van der Waals surface area contributed by atoms with Gasteiger partial charge in [-0.1, -0.05) is 26.8 Å². The first-order valence-corrected chi connectivity index (χ1v) is 7.92. The molecule has 0 aliphatic heterocycles. The predicted molar refractivity (Wildman–Crippen MR) is 86.1 cm³/mol. The highest BCUT2D eigenvalue weighted by Gasteiger charge is 2.15. The first-order chi connectivity index (χ1) is 10.2. The van der Waals surface area contributed by atoms with Crippen molar-refractivity contribution < 1.29 is 0 Å². The average Bonchev–Trinajstić information content (AvgIpc) is 2.96. The van der Waals surface area contributed by atoms with Gasteiger partial charge in [0, 0.05) is 18.8 Å². The van der Waals surface area contributed by atoms with Gasteiger partial charge in [-0.2, -0.15) is 5.10 Å². The largest absolute Gasteiger partial charge is 0.322 e. The number of pyridine rings is 1. The molecule has 0 fully saturated rings. The molecule has 0 aromatic carbocycles. The molecule has 0 spiro atoms. The minimum absolute atomic E-state index is 0.0915. The summed E-state index contributed by atoms with van der Waals surface area (Å²) in [6.07, 6.45) is 7.78. The summed E-state index contributed by atoms with van der Waals surface area (Å²) in [5, 5.41) is 4.68. The van der Waals surface area contributed by atoms with Crippen LogP contribution in [0.3, 0.4) is 0 Å². The Morgan fingerprint density at radius 1 is 1.19 bits per heavy atom. The highest BCUT2D eigenvalue weighted by molar-refractivity contribution is 5.23. The van der Waals surface area contributed by atoms with E-state index in [0.29, 0.717) is 6.04 Å². The van der Waals surface area contributed by atoms with E-state index in [0.717, 1.165) is 37.1 Å². The summed E-state index contributed by atoms with van der Waals surface area (Å²) in [5.41, 5.74) is 9.61.